The second kappa shape index (κ2) is 6.55. The highest BCUT2D eigenvalue weighted by Gasteiger charge is 2.06. The monoisotopic (exact) mass is 202 g/mol. The summed E-state index contributed by atoms with van der Waals surface area (Å²) in [7, 11) is -0.182. The van der Waals surface area contributed by atoms with Gasteiger partial charge in [0.15, 0.2) is 0 Å². The Morgan fingerprint density at radius 1 is 1.50 bits per heavy atom. The van der Waals surface area contributed by atoms with Gasteiger partial charge in [-0.2, -0.15) is 0 Å². The van der Waals surface area contributed by atoms with Crippen molar-refractivity contribution in [2.45, 2.75) is 19.5 Å². The van der Waals surface area contributed by atoms with Crippen molar-refractivity contribution in [2.75, 3.05) is 0 Å². The van der Waals surface area contributed by atoms with Crippen LogP contribution >= 0.6 is 0 Å². The Balaban J connectivity index is 0.000000364. The average Bonchev–Trinajstić information content (AvgIpc) is 2.49. The number of rotatable bonds is 2. The third-order valence-corrected chi connectivity index (χ3v) is 1.59. The lowest BCUT2D eigenvalue weighted by atomic mass is 10.3. The standard InChI is InChI=1S/C7H14N3.BH3O3/c1-3-7(8)10-5-4-9(2)6-10;2-1(3)4/h4-7H,3,8H2,1-2H3;2-4H/q+1;. The highest BCUT2D eigenvalue weighted by Crippen LogP contribution is 1.90. The summed E-state index contributed by atoms with van der Waals surface area (Å²) in [5.74, 6) is 0. The Morgan fingerprint density at radius 2 is 2.00 bits per heavy atom. The van der Waals surface area contributed by atoms with E-state index in [0.29, 0.717) is 0 Å². The number of hydrogen-bond donors (Lipinski definition) is 4. The minimum Gasteiger partial charge on any atom is -0.402 e. The summed E-state index contributed by atoms with van der Waals surface area (Å²) >= 11 is 0. The summed E-state index contributed by atoms with van der Waals surface area (Å²) < 4.78 is 3.98. The van der Waals surface area contributed by atoms with E-state index in [9.17, 15) is 0 Å². The van der Waals surface area contributed by atoms with Gasteiger partial charge in [-0.15, -0.1) is 0 Å². The molecule has 1 atom stereocenters. The van der Waals surface area contributed by atoms with Gasteiger partial charge in [-0.05, 0) is 6.42 Å². The normalized spacial score (nSPS) is 11.6. The van der Waals surface area contributed by atoms with Crippen LogP contribution in [0.5, 0.6) is 0 Å². The van der Waals surface area contributed by atoms with Gasteiger partial charge < -0.3 is 15.1 Å². The molecule has 0 bridgehead atoms. The molecule has 0 aromatic carbocycles. The van der Waals surface area contributed by atoms with Crippen LogP contribution in [0.3, 0.4) is 0 Å². The van der Waals surface area contributed by atoms with Crippen LogP contribution in [0.15, 0.2) is 18.7 Å². The Kier molecular flexibility index (Phi) is 6.14. The van der Waals surface area contributed by atoms with Crippen LogP contribution in [0.1, 0.15) is 19.5 Å². The van der Waals surface area contributed by atoms with Crippen LogP contribution in [-0.2, 0) is 7.05 Å². The Bertz CT molecular complexity index is 251. The molecule has 0 saturated heterocycles. The first-order valence-electron chi connectivity index (χ1n) is 4.29. The molecule has 0 aliphatic carbocycles. The van der Waals surface area contributed by atoms with Gasteiger partial charge in [0.05, 0.1) is 7.05 Å². The van der Waals surface area contributed by atoms with E-state index in [1.54, 1.807) is 0 Å². The second-order valence-electron chi connectivity index (χ2n) is 2.85. The molecule has 0 radical (unpaired) electrons. The zero-order valence-corrected chi connectivity index (χ0v) is 8.41. The lowest BCUT2D eigenvalue weighted by Crippen LogP contribution is -2.42. The van der Waals surface area contributed by atoms with Gasteiger partial charge in [0.2, 0.25) is 6.33 Å². The zero-order valence-electron chi connectivity index (χ0n) is 8.41. The van der Waals surface area contributed by atoms with Crippen LogP contribution < -0.4 is 10.3 Å². The molecule has 0 spiro atoms. The first-order valence-corrected chi connectivity index (χ1v) is 4.29. The maximum atomic E-state index is 7.17. The number of hydrogen-bond acceptors (Lipinski definition) is 4. The van der Waals surface area contributed by atoms with Crippen molar-refractivity contribution in [1.29, 1.82) is 0 Å². The van der Waals surface area contributed by atoms with Gasteiger partial charge in [0.1, 0.15) is 18.6 Å². The fraction of sp³-hybridized carbons (Fsp3) is 0.571. The molecule has 1 heterocycles. The van der Waals surface area contributed by atoms with Gasteiger partial charge >= 0.3 is 7.32 Å². The minimum atomic E-state index is -2.17. The van der Waals surface area contributed by atoms with E-state index < -0.39 is 7.32 Å². The third-order valence-electron chi connectivity index (χ3n) is 1.59. The first-order chi connectivity index (χ1) is 6.47. The molecule has 0 amide bonds. The van der Waals surface area contributed by atoms with Gasteiger partial charge in [-0.3, -0.25) is 5.73 Å². The van der Waals surface area contributed by atoms with Crippen molar-refractivity contribution in [2.24, 2.45) is 12.8 Å². The number of nitrogens with zero attached hydrogens (tertiary/aromatic N) is 2. The molecule has 0 aliphatic heterocycles. The molecule has 80 valence electrons. The van der Waals surface area contributed by atoms with Crippen molar-refractivity contribution < 1.29 is 19.6 Å². The molecular formula is C7H17BN3O3+. The zero-order chi connectivity index (χ0) is 11.1. The van der Waals surface area contributed by atoms with Gasteiger partial charge in [0.25, 0.3) is 0 Å². The molecule has 0 fully saturated rings. The van der Waals surface area contributed by atoms with E-state index in [0.717, 1.165) is 6.42 Å². The maximum absolute atomic E-state index is 7.17. The molecule has 1 rings (SSSR count). The van der Waals surface area contributed by atoms with Crippen LogP contribution in [0.2, 0.25) is 0 Å². The molecule has 6 nitrogen and oxygen atoms in total. The van der Waals surface area contributed by atoms with E-state index >= 15 is 0 Å². The van der Waals surface area contributed by atoms with E-state index in [1.165, 1.54) is 0 Å². The summed E-state index contributed by atoms with van der Waals surface area (Å²) in [5.41, 5.74) is 5.76. The van der Waals surface area contributed by atoms with Crippen LogP contribution in [-0.4, -0.2) is 27.0 Å². The van der Waals surface area contributed by atoms with Gasteiger partial charge in [-0.25, -0.2) is 9.13 Å². The summed E-state index contributed by atoms with van der Waals surface area (Å²) in [6.07, 6.45) is 7.04. The summed E-state index contributed by atoms with van der Waals surface area (Å²) in [5, 5.41) is 21.5. The second-order valence-corrected chi connectivity index (χ2v) is 2.85. The van der Waals surface area contributed by atoms with Crippen LogP contribution in [0.25, 0.3) is 0 Å². The molecule has 0 aliphatic rings. The van der Waals surface area contributed by atoms with E-state index in [2.05, 4.69) is 6.92 Å². The summed E-state index contributed by atoms with van der Waals surface area (Å²) in [6.45, 7) is 2.07. The summed E-state index contributed by atoms with van der Waals surface area (Å²) in [6, 6.07) is 0. The third kappa shape index (κ3) is 5.71. The SMILES string of the molecule is CCC(N)[n+]1ccn(C)c1.OB(O)O. The first kappa shape index (κ1) is 13.1. The molecule has 7 heteroatoms. The Morgan fingerprint density at radius 3 is 2.29 bits per heavy atom. The molecule has 1 unspecified atom stereocenters. The highest BCUT2D eigenvalue weighted by molar-refractivity contribution is 6.30. The number of aromatic nitrogens is 2. The Hall–Kier alpha value is -0.885. The van der Waals surface area contributed by atoms with E-state index in [4.69, 9.17) is 20.8 Å². The van der Waals surface area contributed by atoms with Crippen LogP contribution in [0, 0.1) is 0 Å². The van der Waals surface area contributed by atoms with Crippen molar-refractivity contribution in [3.63, 3.8) is 0 Å². The van der Waals surface area contributed by atoms with E-state index in [-0.39, 0.29) is 6.17 Å². The fourth-order valence-corrected chi connectivity index (χ4v) is 0.876. The lowest BCUT2D eigenvalue weighted by Gasteiger charge is -2.01. The van der Waals surface area contributed by atoms with Crippen molar-refractivity contribution in [3.05, 3.63) is 18.7 Å². The summed E-state index contributed by atoms with van der Waals surface area (Å²) in [4.78, 5) is 0. The van der Waals surface area contributed by atoms with Crippen molar-refractivity contribution in [1.82, 2.24) is 4.57 Å². The van der Waals surface area contributed by atoms with Crippen molar-refractivity contribution in [3.8, 4) is 0 Å². The molecule has 5 N–H and O–H groups in total. The van der Waals surface area contributed by atoms with E-state index in [1.807, 2.05) is 34.9 Å². The number of nitrogens with two attached hydrogens (primary N) is 1. The predicted molar refractivity (Wildman–Crippen MR) is 51.5 cm³/mol. The fourth-order valence-electron chi connectivity index (χ4n) is 0.876. The number of aryl methyl sites for hydroxylation is 1. The highest BCUT2D eigenvalue weighted by atomic mass is 16.5. The predicted octanol–water partition coefficient (Wildman–Crippen LogP) is -1.87. The van der Waals surface area contributed by atoms with Gasteiger partial charge in [0, 0.05) is 0 Å². The average molecular weight is 202 g/mol. The molecular weight excluding hydrogens is 185 g/mol. The smallest absolute Gasteiger partial charge is 0.402 e. The van der Waals surface area contributed by atoms with Crippen molar-refractivity contribution >= 4 is 7.32 Å². The molecule has 1 aromatic rings. The Labute approximate surface area is 83.4 Å². The molecule has 0 saturated carbocycles. The molecule has 14 heavy (non-hydrogen) atoms. The number of imidazole rings is 1. The van der Waals surface area contributed by atoms with Crippen LogP contribution in [0.4, 0.5) is 0 Å². The maximum Gasteiger partial charge on any atom is 0.631 e. The minimum absolute atomic E-state index is 0.126. The topological polar surface area (TPSA) is 95.5 Å². The van der Waals surface area contributed by atoms with Gasteiger partial charge in [-0.1, -0.05) is 6.92 Å². The quantitative estimate of drug-likeness (QED) is 0.333. The largest absolute Gasteiger partial charge is 0.631 e. The molecule has 1 aromatic heterocycles. The lowest BCUT2D eigenvalue weighted by molar-refractivity contribution is -0.722.